The number of primary sulfonamides is 1. The van der Waals surface area contributed by atoms with Gasteiger partial charge >= 0.3 is 0 Å². The maximum Gasteiger partial charge on any atom is 0.246 e. The number of hydroxylamine groups is 2. The molecule has 0 saturated heterocycles. The molecular formula is C20H20N2O4S2. The first-order valence-electron chi connectivity index (χ1n) is 8.52. The predicted molar refractivity (Wildman–Crippen MR) is 109 cm³/mol. The molecule has 0 aliphatic carbocycles. The van der Waals surface area contributed by atoms with E-state index in [4.69, 9.17) is 5.14 Å². The standard InChI is InChI=1S/C20H20N2O4S2/c1-22(24)19(23)12-11-18-20(15-5-3-2-4-6-15)17(13-27-18)14-7-9-16(10-8-14)28(21,25)26/h2-10,13,24H,11-12H2,1H3,(H2,21,25,26). The number of hydrogen-bond donors (Lipinski definition) is 2. The van der Waals surface area contributed by atoms with Gasteiger partial charge in [-0.1, -0.05) is 42.5 Å². The molecule has 0 atom stereocenters. The lowest BCUT2D eigenvalue weighted by molar-refractivity contribution is -0.159. The van der Waals surface area contributed by atoms with Crippen LogP contribution in [0.15, 0.2) is 64.9 Å². The molecule has 0 spiro atoms. The molecule has 0 unspecified atom stereocenters. The number of amides is 1. The Morgan fingerprint density at radius 3 is 2.29 bits per heavy atom. The maximum absolute atomic E-state index is 11.8. The Labute approximate surface area is 167 Å². The molecule has 0 bridgehead atoms. The van der Waals surface area contributed by atoms with Gasteiger partial charge in [-0.25, -0.2) is 18.6 Å². The zero-order valence-electron chi connectivity index (χ0n) is 15.2. The number of nitrogens with two attached hydrogens (primary N) is 1. The highest BCUT2D eigenvalue weighted by molar-refractivity contribution is 7.89. The van der Waals surface area contributed by atoms with Crippen molar-refractivity contribution in [1.82, 2.24) is 5.06 Å². The van der Waals surface area contributed by atoms with E-state index in [1.165, 1.54) is 30.5 Å². The largest absolute Gasteiger partial charge is 0.286 e. The number of thiophene rings is 1. The highest BCUT2D eigenvalue weighted by Crippen LogP contribution is 2.40. The molecule has 0 aliphatic rings. The highest BCUT2D eigenvalue weighted by Gasteiger charge is 2.17. The van der Waals surface area contributed by atoms with Crippen molar-refractivity contribution >= 4 is 27.3 Å². The number of carbonyl (C=O) groups is 1. The lowest BCUT2D eigenvalue weighted by Gasteiger charge is -2.11. The molecule has 2 aromatic carbocycles. The van der Waals surface area contributed by atoms with E-state index in [0.717, 1.165) is 27.1 Å². The topological polar surface area (TPSA) is 101 Å². The summed E-state index contributed by atoms with van der Waals surface area (Å²) in [6.45, 7) is 0. The third-order valence-corrected chi connectivity index (χ3v) is 6.33. The fraction of sp³-hybridized carbons (Fsp3) is 0.150. The second kappa shape index (κ2) is 8.24. The Balaban J connectivity index is 2.03. The van der Waals surface area contributed by atoms with E-state index in [-0.39, 0.29) is 17.2 Å². The summed E-state index contributed by atoms with van der Waals surface area (Å²) >= 11 is 1.53. The lowest BCUT2D eigenvalue weighted by Crippen LogP contribution is -2.22. The molecule has 146 valence electrons. The van der Waals surface area contributed by atoms with Gasteiger partial charge in [0.05, 0.1) is 4.90 Å². The molecular weight excluding hydrogens is 396 g/mol. The van der Waals surface area contributed by atoms with Crippen molar-refractivity contribution in [3.8, 4) is 22.3 Å². The van der Waals surface area contributed by atoms with Crippen LogP contribution in [0.2, 0.25) is 0 Å². The second-order valence-electron chi connectivity index (χ2n) is 6.30. The third-order valence-electron chi connectivity index (χ3n) is 4.35. The Bertz CT molecular complexity index is 1070. The predicted octanol–water partition coefficient (Wildman–Crippen LogP) is 3.51. The normalized spacial score (nSPS) is 11.4. The Hall–Kier alpha value is -2.52. The van der Waals surface area contributed by atoms with Crippen molar-refractivity contribution in [2.75, 3.05) is 7.05 Å². The van der Waals surface area contributed by atoms with Crippen molar-refractivity contribution < 1.29 is 18.4 Å². The minimum atomic E-state index is -3.75. The summed E-state index contributed by atoms with van der Waals surface area (Å²) in [5, 5.41) is 17.1. The summed E-state index contributed by atoms with van der Waals surface area (Å²) in [5.41, 5.74) is 3.83. The zero-order chi connectivity index (χ0) is 20.3. The van der Waals surface area contributed by atoms with Crippen LogP contribution in [-0.2, 0) is 21.2 Å². The summed E-state index contributed by atoms with van der Waals surface area (Å²) < 4.78 is 23.0. The first-order chi connectivity index (χ1) is 13.3. The molecule has 8 heteroatoms. The van der Waals surface area contributed by atoms with Gasteiger partial charge in [-0.2, -0.15) is 0 Å². The molecule has 0 saturated carbocycles. The lowest BCUT2D eigenvalue weighted by atomic mass is 9.95. The van der Waals surface area contributed by atoms with Crippen LogP contribution in [-0.4, -0.2) is 31.6 Å². The first kappa shape index (κ1) is 20.2. The van der Waals surface area contributed by atoms with E-state index in [2.05, 4.69) is 0 Å². The second-order valence-corrected chi connectivity index (χ2v) is 8.83. The minimum absolute atomic E-state index is 0.0598. The summed E-state index contributed by atoms with van der Waals surface area (Å²) in [6, 6.07) is 16.2. The number of nitrogens with zero attached hydrogens (tertiary/aromatic N) is 1. The number of carbonyl (C=O) groups excluding carboxylic acids is 1. The number of aryl methyl sites for hydroxylation is 1. The van der Waals surface area contributed by atoms with E-state index in [0.29, 0.717) is 11.5 Å². The van der Waals surface area contributed by atoms with E-state index in [9.17, 15) is 18.4 Å². The van der Waals surface area contributed by atoms with Gasteiger partial charge in [-0.05, 0) is 35.1 Å². The third kappa shape index (κ3) is 4.48. The quantitative estimate of drug-likeness (QED) is 0.474. The first-order valence-corrected chi connectivity index (χ1v) is 10.9. The van der Waals surface area contributed by atoms with E-state index < -0.39 is 10.0 Å². The van der Waals surface area contributed by atoms with Gasteiger partial charge in [-0.3, -0.25) is 10.0 Å². The van der Waals surface area contributed by atoms with Gasteiger partial charge in [0.25, 0.3) is 0 Å². The van der Waals surface area contributed by atoms with Gasteiger partial charge in [-0.15, -0.1) is 11.3 Å². The maximum atomic E-state index is 11.8. The van der Waals surface area contributed by atoms with Crippen LogP contribution >= 0.6 is 11.3 Å². The fourth-order valence-electron chi connectivity index (χ4n) is 2.92. The molecule has 1 aromatic heterocycles. The van der Waals surface area contributed by atoms with Crippen molar-refractivity contribution in [3.63, 3.8) is 0 Å². The van der Waals surface area contributed by atoms with E-state index >= 15 is 0 Å². The average Bonchev–Trinajstić information content (AvgIpc) is 3.10. The van der Waals surface area contributed by atoms with Crippen molar-refractivity contribution in [2.24, 2.45) is 5.14 Å². The van der Waals surface area contributed by atoms with Crippen molar-refractivity contribution in [1.29, 1.82) is 0 Å². The summed E-state index contributed by atoms with van der Waals surface area (Å²) in [5.74, 6) is -0.355. The van der Waals surface area contributed by atoms with Crippen LogP contribution in [0.5, 0.6) is 0 Å². The van der Waals surface area contributed by atoms with Crippen LogP contribution in [0.3, 0.4) is 0 Å². The average molecular weight is 417 g/mol. The SMILES string of the molecule is CN(O)C(=O)CCc1scc(-c2ccc(S(N)(=O)=O)cc2)c1-c1ccccc1. The number of sulfonamides is 1. The van der Waals surface area contributed by atoms with Crippen LogP contribution in [0.4, 0.5) is 0 Å². The summed E-state index contributed by atoms with van der Waals surface area (Å²) in [6.07, 6.45) is 0.686. The smallest absolute Gasteiger partial charge is 0.246 e. The monoisotopic (exact) mass is 416 g/mol. The molecule has 1 amide bonds. The molecule has 28 heavy (non-hydrogen) atoms. The van der Waals surface area contributed by atoms with E-state index in [1.54, 1.807) is 12.1 Å². The van der Waals surface area contributed by atoms with Crippen LogP contribution in [0, 0.1) is 0 Å². The number of rotatable bonds is 6. The van der Waals surface area contributed by atoms with Gasteiger partial charge in [0.1, 0.15) is 0 Å². The van der Waals surface area contributed by atoms with Crippen LogP contribution < -0.4 is 5.14 Å². The summed E-state index contributed by atoms with van der Waals surface area (Å²) in [7, 11) is -2.44. The number of benzene rings is 2. The van der Waals surface area contributed by atoms with Crippen LogP contribution in [0.25, 0.3) is 22.3 Å². The van der Waals surface area contributed by atoms with Gasteiger partial charge in [0, 0.05) is 29.5 Å². The van der Waals surface area contributed by atoms with Crippen LogP contribution in [0.1, 0.15) is 11.3 Å². The Morgan fingerprint density at radius 2 is 1.71 bits per heavy atom. The molecule has 0 fully saturated rings. The minimum Gasteiger partial charge on any atom is -0.286 e. The zero-order valence-corrected chi connectivity index (χ0v) is 16.8. The molecule has 3 N–H and O–H groups in total. The number of hydrogen-bond acceptors (Lipinski definition) is 5. The van der Waals surface area contributed by atoms with Crippen molar-refractivity contribution in [3.05, 3.63) is 64.9 Å². The Morgan fingerprint density at radius 1 is 1.07 bits per heavy atom. The van der Waals surface area contributed by atoms with Gasteiger partial charge < -0.3 is 0 Å². The fourth-order valence-corrected chi connectivity index (χ4v) is 4.52. The molecule has 3 rings (SSSR count). The van der Waals surface area contributed by atoms with Crippen molar-refractivity contribution in [2.45, 2.75) is 17.7 Å². The molecule has 0 radical (unpaired) electrons. The summed E-state index contributed by atoms with van der Waals surface area (Å²) in [4.78, 5) is 12.9. The molecule has 0 aliphatic heterocycles. The molecule has 6 nitrogen and oxygen atoms in total. The molecule has 3 aromatic rings. The highest BCUT2D eigenvalue weighted by atomic mass is 32.2. The molecule has 1 heterocycles. The van der Waals surface area contributed by atoms with E-state index in [1.807, 2.05) is 35.7 Å². The van der Waals surface area contributed by atoms with Gasteiger partial charge in [0.15, 0.2) is 0 Å². The Kier molecular flexibility index (Phi) is 5.95. The van der Waals surface area contributed by atoms with Gasteiger partial charge in [0.2, 0.25) is 15.9 Å².